The van der Waals surface area contributed by atoms with Crippen LogP contribution in [0.1, 0.15) is 11.8 Å². The maximum absolute atomic E-state index is 12.7. The molecule has 130 valence electrons. The van der Waals surface area contributed by atoms with Crippen molar-refractivity contribution in [2.45, 2.75) is 17.4 Å². The molecule has 1 aliphatic heterocycles. The zero-order chi connectivity index (χ0) is 18.0. The predicted octanol–water partition coefficient (Wildman–Crippen LogP) is 2.88. The monoisotopic (exact) mass is 375 g/mol. The fourth-order valence-corrected chi connectivity index (χ4v) is 3.91. The van der Waals surface area contributed by atoms with Crippen LogP contribution in [0.2, 0.25) is 0 Å². The van der Waals surface area contributed by atoms with Gasteiger partial charge in [-0.25, -0.2) is 4.79 Å². The van der Waals surface area contributed by atoms with E-state index in [1.807, 2.05) is 35.9 Å². The van der Waals surface area contributed by atoms with Crippen molar-refractivity contribution in [1.82, 2.24) is 10.2 Å². The van der Waals surface area contributed by atoms with Crippen LogP contribution in [0.4, 0.5) is 10.5 Å². The fraction of sp³-hybridized carbons (Fsp3) is 0.235. The summed E-state index contributed by atoms with van der Waals surface area (Å²) in [5.74, 6) is -0.842. The third-order valence-electron chi connectivity index (χ3n) is 3.94. The van der Waals surface area contributed by atoms with Crippen molar-refractivity contribution in [3.8, 4) is 0 Å². The molecule has 2 N–H and O–H groups in total. The third kappa shape index (κ3) is 3.40. The van der Waals surface area contributed by atoms with Crippen LogP contribution in [0.3, 0.4) is 0 Å². The van der Waals surface area contributed by atoms with Crippen LogP contribution in [0.5, 0.6) is 0 Å². The summed E-state index contributed by atoms with van der Waals surface area (Å²) in [5, 5.41) is 7.25. The van der Waals surface area contributed by atoms with Gasteiger partial charge in [0.2, 0.25) is 5.91 Å². The molecule has 1 unspecified atom stereocenters. The first-order valence-corrected chi connectivity index (χ1v) is 9.66. The molecule has 0 bridgehead atoms. The summed E-state index contributed by atoms with van der Waals surface area (Å²) in [7, 11) is 0. The van der Waals surface area contributed by atoms with Gasteiger partial charge in [-0.05, 0) is 42.8 Å². The molecule has 6 nitrogen and oxygen atoms in total. The van der Waals surface area contributed by atoms with Gasteiger partial charge in [0.25, 0.3) is 5.91 Å². The van der Waals surface area contributed by atoms with Crippen LogP contribution >= 0.6 is 23.1 Å². The lowest BCUT2D eigenvalue weighted by Gasteiger charge is -2.20. The Balaban J connectivity index is 1.71. The number of benzene rings is 1. The number of thioether (sulfide) groups is 1. The summed E-state index contributed by atoms with van der Waals surface area (Å²) in [6.07, 6.45) is 1.94. The van der Waals surface area contributed by atoms with Crippen molar-refractivity contribution in [2.24, 2.45) is 0 Å². The van der Waals surface area contributed by atoms with Gasteiger partial charge in [0.05, 0.1) is 0 Å². The van der Waals surface area contributed by atoms with E-state index in [2.05, 4.69) is 10.6 Å². The molecule has 8 heteroatoms. The standard InChI is InChI=1S/C17H17N3O3S2/c1-17(13-7-4-8-25-13)15(22)20(16(23)19-17)10-14(21)18-11-5-3-6-12(9-11)24-2/h3-9H,10H2,1-2H3,(H,18,21)(H,19,23). The normalized spacial score (nSPS) is 19.8. The van der Waals surface area contributed by atoms with Gasteiger partial charge in [-0.3, -0.25) is 14.5 Å². The summed E-state index contributed by atoms with van der Waals surface area (Å²) < 4.78 is 0. The molecule has 0 aliphatic carbocycles. The molecule has 0 radical (unpaired) electrons. The molecular formula is C17H17N3O3S2. The fourth-order valence-electron chi connectivity index (χ4n) is 2.62. The van der Waals surface area contributed by atoms with Crippen molar-refractivity contribution in [3.63, 3.8) is 0 Å². The number of hydrogen-bond donors (Lipinski definition) is 2. The molecule has 2 heterocycles. The second-order valence-electron chi connectivity index (χ2n) is 5.70. The highest BCUT2D eigenvalue weighted by molar-refractivity contribution is 7.98. The van der Waals surface area contributed by atoms with Crippen molar-refractivity contribution in [2.75, 3.05) is 18.1 Å². The second kappa shape index (κ2) is 6.89. The zero-order valence-electron chi connectivity index (χ0n) is 13.7. The van der Waals surface area contributed by atoms with E-state index in [0.717, 1.165) is 14.7 Å². The average molecular weight is 375 g/mol. The van der Waals surface area contributed by atoms with E-state index in [1.54, 1.807) is 30.8 Å². The molecule has 25 heavy (non-hydrogen) atoms. The first-order valence-electron chi connectivity index (χ1n) is 7.56. The van der Waals surface area contributed by atoms with Crippen LogP contribution in [0.15, 0.2) is 46.7 Å². The Morgan fingerprint density at radius 3 is 2.80 bits per heavy atom. The van der Waals surface area contributed by atoms with Gasteiger partial charge in [0.1, 0.15) is 6.54 Å². The highest BCUT2D eigenvalue weighted by atomic mass is 32.2. The molecular weight excluding hydrogens is 358 g/mol. The number of anilines is 1. The van der Waals surface area contributed by atoms with Crippen molar-refractivity contribution >= 4 is 46.6 Å². The van der Waals surface area contributed by atoms with E-state index >= 15 is 0 Å². The smallest absolute Gasteiger partial charge is 0.324 e. The average Bonchev–Trinajstić information content (AvgIpc) is 3.20. The highest BCUT2D eigenvalue weighted by Gasteiger charge is 2.50. The summed E-state index contributed by atoms with van der Waals surface area (Å²) in [6, 6.07) is 10.4. The number of thiophene rings is 1. The predicted molar refractivity (Wildman–Crippen MR) is 98.8 cm³/mol. The number of urea groups is 1. The summed E-state index contributed by atoms with van der Waals surface area (Å²) in [6.45, 7) is 1.33. The number of imide groups is 1. The molecule has 1 aromatic heterocycles. The molecule has 0 saturated carbocycles. The number of nitrogens with zero attached hydrogens (tertiary/aromatic N) is 1. The molecule has 1 aromatic carbocycles. The first kappa shape index (κ1) is 17.5. The van der Waals surface area contributed by atoms with Crippen LogP contribution < -0.4 is 10.6 Å². The third-order valence-corrected chi connectivity index (χ3v) is 5.76. The van der Waals surface area contributed by atoms with Crippen molar-refractivity contribution in [1.29, 1.82) is 0 Å². The maximum atomic E-state index is 12.7. The van der Waals surface area contributed by atoms with Gasteiger partial charge in [0.15, 0.2) is 5.54 Å². The number of carbonyl (C=O) groups is 3. The highest BCUT2D eigenvalue weighted by Crippen LogP contribution is 2.31. The molecule has 1 aliphatic rings. The van der Waals surface area contributed by atoms with Gasteiger partial charge in [-0.2, -0.15) is 0 Å². The molecule has 1 fully saturated rings. The molecule has 4 amide bonds. The topological polar surface area (TPSA) is 78.5 Å². The number of nitrogens with one attached hydrogen (secondary N) is 2. The Labute approximate surface area is 153 Å². The second-order valence-corrected chi connectivity index (χ2v) is 7.53. The lowest BCUT2D eigenvalue weighted by atomic mass is 10.0. The molecule has 2 aromatic rings. The van der Waals surface area contributed by atoms with Crippen LogP contribution in [0.25, 0.3) is 0 Å². The number of hydrogen-bond acceptors (Lipinski definition) is 5. The van der Waals surface area contributed by atoms with E-state index < -0.39 is 23.4 Å². The van der Waals surface area contributed by atoms with E-state index in [9.17, 15) is 14.4 Å². The first-order chi connectivity index (χ1) is 11.9. The molecule has 3 rings (SSSR count). The van der Waals surface area contributed by atoms with Crippen LogP contribution in [0, 0.1) is 0 Å². The SMILES string of the molecule is CSc1cccc(NC(=O)CN2C(=O)NC(C)(c3cccs3)C2=O)c1. The van der Waals surface area contributed by atoms with Crippen LogP contribution in [-0.2, 0) is 15.1 Å². The van der Waals surface area contributed by atoms with Crippen molar-refractivity contribution in [3.05, 3.63) is 46.7 Å². The molecule has 0 spiro atoms. The number of amides is 4. The van der Waals surface area contributed by atoms with Gasteiger partial charge in [-0.15, -0.1) is 23.1 Å². The van der Waals surface area contributed by atoms with Gasteiger partial charge in [-0.1, -0.05) is 12.1 Å². The molecule has 1 saturated heterocycles. The lowest BCUT2D eigenvalue weighted by Crippen LogP contribution is -2.41. The zero-order valence-corrected chi connectivity index (χ0v) is 15.4. The maximum Gasteiger partial charge on any atom is 0.325 e. The van der Waals surface area contributed by atoms with E-state index in [4.69, 9.17) is 0 Å². The Hall–Kier alpha value is -2.32. The quantitative estimate of drug-likeness (QED) is 0.622. The summed E-state index contributed by atoms with van der Waals surface area (Å²) >= 11 is 2.95. The summed E-state index contributed by atoms with van der Waals surface area (Å²) in [5.41, 5.74) is -0.491. The van der Waals surface area contributed by atoms with Gasteiger partial charge in [0, 0.05) is 15.5 Å². The molecule has 1 atom stereocenters. The van der Waals surface area contributed by atoms with E-state index in [0.29, 0.717) is 5.69 Å². The van der Waals surface area contributed by atoms with E-state index in [-0.39, 0.29) is 6.54 Å². The Morgan fingerprint density at radius 2 is 2.12 bits per heavy atom. The number of rotatable bonds is 5. The minimum Gasteiger partial charge on any atom is -0.324 e. The minimum absolute atomic E-state index is 0.324. The van der Waals surface area contributed by atoms with Gasteiger partial charge < -0.3 is 10.6 Å². The Bertz CT molecular complexity index is 822. The minimum atomic E-state index is -1.12. The Morgan fingerprint density at radius 1 is 1.32 bits per heavy atom. The number of carbonyl (C=O) groups excluding carboxylic acids is 3. The largest absolute Gasteiger partial charge is 0.325 e. The van der Waals surface area contributed by atoms with Crippen molar-refractivity contribution < 1.29 is 14.4 Å². The van der Waals surface area contributed by atoms with Crippen LogP contribution in [-0.4, -0.2) is 35.5 Å². The van der Waals surface area contributed by atoms with E-state index in [1.165, 1.54) is 11.3 Å². The Kier molecular flexibility index (Phi) is 4.82. The van der Waals surface area contributed by atoms with Gasteiger partial charge >= 0.3 is 6.03 Å². The summed E-state index contributed by atoms with van der Waals surface area (Å²) in [4.78, 5) is 39.9. The lowest BCUT2D eigenvalue weighted by molar-refractivity contribution is -0.133.